The Hall–Kier alpha value is -2.75. The highest BCUT2D eigenvalue weighted by Gasteiger charge is 2.18. The number of fused-ring (bicyclic) bond motifs is 3. The summed E-state index contributed by atoms with van der Waals surface area (Å²) in [7, 11) is 0. The number of thioether (sulfide) groups is 1. The van der Waals surface area contributed by atoms with Crippen LogP contribution < -0.4 is 5.56 Å². The Morgan fingerprint density at radius 3 is 2.72 bits per heavy atom. The minimum atomic E-state index is -2.65. The third-order valence-corrected chi connectivity index (χ3v) is 5.62. The molecule has 0 saturated carbocycles. The zero-order chi connectivity index (χ0) is 20.5. The summed E-state index contributed by atoms with van der Waals surface area (Å²) in [6, 6.07) is 7.28. The molecule has 1 aromatic carbocycles. The van der Waals surface area contributed by atoms with Crippen LogP contribution in [0.2, 0.25) is 0 Å². The molecule has 0 spiro atoms. The van der Waals surface area contributed by atoms with Crippen LogP contribution in [0.3, 0.4) is 0 Å². The highest BCUT2D eigenvalue weighted by molar-refractivity contribution is 7.98. The molecule has 0 aliphatic carbocycles. The molecule has 29 heavy (non-hydrogen) atoms. The van der Waals surface area contributed by atoms with Gasteiger partial charge in [-0.3, -0.25) is 18.3 Å². The van der Waals surface area contributed by atoms with Crippen LogP contribution in [0.25, 0.3) is 16.7 Å². The molecule has 0 amide bonds. The van der Waals surface area contributed by atoms with Gasteiger partial charge >= 0.3 is 6.55 Å². The van der Waals surface area contributed by atoms with Crippen molar-refractivity contribution in [1.29, 1.82) is 0 Å². The van der Waals surface area contributed by atoms with Gasteiger partial charge in [-0.25, -0.2) is 4.98 Å². The molecule has 0 atom stereocenters. The van der Waals surface area contributed by atoms with E-state index in [0.29, 0.717) is 34.3 Å². The van der Waals surface area contributed by atoms with Crippen LogP contribution in [0.15, 0.2) is 46.6 Å². The van der Waals surface area contributed by atoms with Gasteiger partial charge in [0.15, 0.2) is 5.16 Å². The Balaban J connectivity index is 1.80. The molecule has 0 radical (unpaired) electrons. The maximum absolute atomic E-state index is 13.1. The van der Waals surface area contributed by atoms with E-state index in [-0.39, 0.29) is 17.1 Å². The van der Waals surface area contributed by atoms with Gasteiger partial charge < -0.3 is 0 Å². The monoisotopic (exact) mass is 418 g/mol. The number of aryl methyl sites for hydroxylation is 1. The molecule has 3 aromatic heterocycles. The van der Waals surface area contributed by atoms with E-state index < -0.39 is 6.55 Å². The van der Waals surface area contributed by atoms with Gasteiger partial charge in [0, 0.05) is 18.9 Å². The van der Waals surface area contributed by atoms with Crippen LogP contribution in [0.4, 0.5) is 8.78 Å². The molecule has 0 aliphatic heterocycles. The largest absolute Gasteiger partial charge is 0.319 e. The van der Waals surface area contributed by atoms with Gasteiger partial charge in [-0.1, -0.05) is 37.7 Å². The van der Waals surface area contributed by atoms with Crippen LogP contribution >= 0.6 is 11.8 Å². The number of imidazole rings is 1. The molecule has 0 unspecified atom stereocenters. The lowest BCUT2D eigenvalue weighted by atomic mass is 10.1. The van der Waals surface area contributed by atoms with Crippen LogP contribution in [0.5, 0.6) is 0 Å². The lowest BCUT2D eigenvalue weighted by Gasteiger charge is -2.12. The first-order valence-electron chi connectivity index (χ1n) is 9.26. The summed E-state index contributed by atoms with van der Waals surface area (Å²) < 4.78 is 30.4. The number of benzene rings is 1. The number of para-hydroxylation sites is 1. The number of nitrogens with zero attached hydrogens (tertiary/aromatic N) is 6. The van der Waals surface area contributed by atoms with Crippen molar-refractivity contribution in [3.63, 3.8) is 0 Å². The van der Waals surface area contributed by atoms with Crippen molar-refractivity contribution in [2.24, 2.45) is 5.92 Å². The van der Waals surface area contributed by atoms with Gasteiger partial charge in [-0.05, 0) is 24.5 Å². The smallest absolute Gasteiger partial charge is 0.277 e. The van der Waals surface area contributed by atoms with Gasteiger partial charge in [-0.2, -0.15) is 8.78 Å². The maximum atomic E-state index is 13.1. The predicted molar refractivity (Wildman–Crippen MR) is 107 cm³/mol. The highest BCUT2D eigenvalue weighted by Crippen LogP contribution is 2.25. The van der Waals surface area contributed by atoms with E-state index in [9.17, 15) is 13.6 Å². The summed E-state index contributed by atoms with van der Waals surface area (Å²) in [5.41, 5.74) is 0.587. The summed E-state index contributed by atoms with van der Waals surface area (Å²) in [5.74, 6) is 1.34. The average Bonchev–Trinajstić information content (AvgIpc) is 3.33. The molecule has 0 N–H and O–H groups in total. The molecule has 152 valence electrons. The molecule has 4 rings (SSSR count). The summed E-state index contributed by atoms with van der Waals surface area (Å²) in [4.78, 5) is 17.0. The molecule has 10 heteroatoms. The minimum Gasteiger partial charge on any atom is -0.277 e. The van der Waals surface area contributed by atoms with E-state index >= 15 is 0 Å². The highest BCUT2D eigenvalue weighted by atomic mass is 32.2. The van der Waals surface area contributed by atoms with E-state index in [4.69, 9.17) is 0 Å². The van der Waals surface area contributed by atoms with Crippen molar-refractivity contribution in [1.82, 2.24) is 28.7 Å². The Kier molecular flexibility index (Phi) is 5.35. The molecule has 0 bridgehead atoms. The van der Waals surface area contributed by atoms with E-state index in [1.807, 2.05) is 22.6 Å². The second kappa shape index (κ2) is 7.94. The topological polar surface area (TPSA) is 70.0 Å². The maximum Gasteiger partial charge on any atom is 0.319 e. The normalized spacial score (nSPS) is 12.1. The number of alkyl halides is 2. The Bertz CT molecular complexity index is 1210. The second-order valence-electron chi connectivity index (χ2n) is 7.09. The Labute approximate surface area is 169 Å². The average molecular weight is 418 g/mol. The molecule has 3 heterocycles. The number of rotatable bonds is 7. The molecule has 0 fully saturated rings. The van der Waals surface area contributed by atoms with Crippen molar-refractivity contribution >= 4 is 28.4 Å². The van der Waals surface area contributed by atoms with Crippen LogP contribution in [-0.2, 0) is 12.3 Å². The lowest BCUT2D eigenvalue weighted by Crippen LogP contribution is -2.24. The van der Waals surface area contributed by atoms with Gasteiger partial charge in [0.1, 0.15) is 5.82 Å². The fraction of sp³-hybridized carbons (Fsp3) is 0.368. The Morgan fingerprint density at radius 1 is 1.17 bits per heavy atom. The molecular formula is C19H20F2N6OS. The van der Waals surface area contributed by atoms with Crippen LogP contribution in [0.1, 0.15) is 32.6 Å². The molecule has 0 aliphatic rings. The first-order valence-corrected chi connectivity index (χ1v) is 10.2. The Morgan fingerprint density at radius 2 is 1.97 bits per heavy atom. The van der Waals surface area contributed by atoms with Gasteiger partial charge in [0.2, 0.25) is 5.78 Å². The van der Waals surface area contributed by atoms with E-state index in [1.54, 1.807) is 10.6 Å². The third kappa shape index (κ3) is 3.64. The summed E-state index contributed by atoms with van der Waals surface area (Å²) in [5, 5.41) is 9.58. The zero-order valence-corrected chi connectivity index (χ0v) is 16.8. The summed E-state index contributed by atoms with van der Waals surface area (Å²) in [6.07, 6.45) is 3.43. The van der Waals surface area contributed by atoms with Crippen molar-refractivity contribution < 1.29 is 8.78 Å². The predicted octanol–water partition coefficient (Wildman–Crippen LogP) is 3.97. The van der Waals surface area contributed by atoms with Crippen molar-refractivity contribution in [2.45, 2.75) is 44.3 Å². The first-order chi connectivity index (χ1) is 14.0. The van der Waals surface area contributed by atoms with Gasteiger partial charge in [-0.15, -0.1) is 10.2 Å². The second-order valence-corrected chi connectivity index (χ2v) is 8.03. The van der Waals surface area contributed by atoms with Crippen molar-refractivity contribution in [2.75, 3.05) is 0 Å². The summed E-state index contributed by atoms with van der Waals surface area (Å²) >= 11 is 1.26. The van der Waals surface area contributed by atoms with Gasteiger partial charge in [0.25, 0.3) is 5.56 Å². The lowest BCUT2D eigenvalue weighted by molar-refractivity contribution is 0.0678. The summed E-state index contributed by atoms with van der Waals surface area (Å²) in [6.45, 7) is 2.08. The van der Waals surface area contributed by atoms with E-state index in [0.717, 1.165) is 11.0 Å². The first kappa shape index (κ1) is 19.6. The van der Waals surface area contributed by atoms with Gasteiger partial charge in [0.05, 0.1) is 16.7 Å². The number of halogens is 2. The third-order valence-electron chi connectivity index (χ3n) is 4.70. The minimum absolute atomic E-state index is 0.106. The number of hydrogen-bond acceptors (Lipinski definition) is 5. The fourth-order valence-corrected chi connectivity index (χ4v) is 4.07. The fourth-order valence-electron chi connectivity index (χ4n) is 3.18. The van der Waals surface area contributed by atoms with Crippen molar-refractivity contribution in [3.05, 3.63) is 52.8 Å². The van der Waals surface area contributed by atoms with Crippen LogP contribution in [0, 0.1) is 5.92 Å². The molecule has 0 saturated heterocycles. The van der Waals surface area contributed by atoms with E-state index in [1.165, 1.54) is 24.2 Å². The van der Waals surface area contributed by atoms with Crippen molar-refractivity contribution in [3.8, 4) is 0 Å². The number of aromatic nitrogens is 6. The van der Waals surface area contributed by atoms with Crippen LogP contribution in [-0.4, -0.2) is 28.7 Å². The molecule has 4 aromatic rings. The zero-order valence-electron chi connectivity index (χ0n) is 16.0. The van der Waals surface area contributed by atoms with E-state index in [2.05, 4.69) is 29.0 Å². The molecule has 7 nitrogen and oxygen atoms in total. The standard InChI is InChI=1S/C19H20F2N6OS/c1-12(2)7-9-26-16(28)13-5-3-4-6-14(13)27-18(26)23-24-19(27)29-11-15-22-8-10-25(15)17(20)21/h3-6,8,10,12,17H,7,9,11H2,1-2H3. The quantitative estimate of drug-likeness (QED) is 0.425. The SMILES string of the molecule is CC(C)CCn1c(=O)c2ccccc2n2c(SCc3nccn3C(F)F)nnc12. The number of hydrogen-bond donors (Lipinski definition) is 0. The molecular weight excluding hydrogens is 398 g/mol.